The van der Waals surface area contributed by atoms with Gasteiger partial charge in [-0.25, -0.2) is 9.59 Å². The molecule has 0 aromatic rings. The fraction of sp³-hybridized carbons (Fsp3) is 0.400. The lowest BCUT2D eigenvalue weighted by atomic mass is 10.4. The van der Waals surface area contributed by atoms with Crippen molar-refractivity contribution in [1.29, 1.82) is 0 Å². The van der Waals surface area contributed by atoms with Crippen molar-refractivity contribution in [3.63, 3.8) is 0 Å². The van der Waals surface area contributed by atoms with E-state index in [-0.39, 0.29) is 5.97 Å². The van der Waals surface area contributed by atoms with Gasteiger partial charge >= 0.3 is 11.9 Å². The van der Waals surface area contributed by atoms with Crippen molar-refractivity contribution in [1.82, 2.24) is 0 Å². The molecule has 4 heteroatoms. The van der Waals surface area contributed by atoms with Crippen LogP contribution >= 0.6 is 0 Å². The van der Waals surface area contributed by atoms with E-state index in [4.69, 9.17) is 0 Å². The molecule has 0 spiro atoms. The molecule has 0 aliphatic carbocycles. The van der Waals surface area contributed by atoms with E-state index in [9.17, 15) is 9.59 Å². The van der Waals surface area contributed by atoms with Gasteiger partial charge in [-0.2, -0.15) is 0 Å². The highest BCUT2D eigenvalue weighted by atomic mass is 16.5. The van der Waals surface area contributed by atoms with Crippen LogP contribution in [0, 0.1) is 0 Å². The van der Waals surface area contributed by atoms with Crippen LogP contribution in [-0.2, 0) is 19.1 Å². The van der Waals surface area contributed by atoms with E-state index >= 15 is 0 Å². The molecule has 0 aromatic carbocycles. The Morgan fingerprint density at radius 2 is 1.93 bits per heavy atom. The Bertz CT molecular complexity index is 218. The third-order valence-corrected chi connectivity index (χ3v) is 0.992. The highest BCUT2D eigenvalue weighted by Crippen LogP contribution is 1.89. The van der Waals surface area contributed by atoms with E-state index < -0.39 is 5.97 Å². The van der Waals surface area contributed by atoms with Crippen molar-refractivity contribution in [3.8, 4) is 0 Å². The molecule has 0 atom stereocenters. The number of rotatable bonds is 3. The van der Waals surface area contributed by atoms with Gasteiger partial charge in [-0.1, -0.05) is 13.2 Å². The van der Waals surface area contributed by atoms with Gasteiger partial charge in [0.25, 0.3) is 0 Å². The molecule has 0 fully saturated rings. The summed E-state index contributed by atoms with van der Waals surface area (Å²) in [5, 5.41) is 0. The molecule has 0 N–H and O–H groups in total. The van der Waals surface area contributed by atoms with Gasteiger partial charge in [0, 0.05) is 11.6 Å². The summed E-state index contributed by atoms with van der Waals surface area (Å²) in [7, 11) is 1.31. The lowest BCUT2D eigenvalue weighted by molar-refractivity contribution is -0.138. The maximum Gasteiger partial charge on any atom is 0.333 e. The van der Waals surface area contributed by atoms with E-state index in [1.807, 2.05) is 0 Å². The van der Waals surface area contributed by atoms with Crippen molar-refractivity contribution in [2.24, 2.45) is 0 Å². The van der Waals surface area contributed by atoms with Gasteiger partial charge in [-0.05, 0) is 13.8 Å². The predicted molar refractivity (Wildman–Crippen MR) is 53.7 cm³/mol. The molecule has 0 aromatic heterocycles. The summed E-state index contributed by atoms with van der Waals surface area (Å²) in [5.74, 6) is -0.706. The van der Waals surface area contributed by atoms with Gasteiger partial charge in [0.2, 0.25) is 0 Å². The summed E-state index contributed by atoms with van der Waals surface area (Å²) < 4.78 is 8.71. The first-order valence-electron chi connectivity index (χ1n) is 4.02. The van der Waals surface area contributed by atoms with Gasteiger partial charge in [0.1, 0.15) is 0 Å². The molecule has 0 saturated carbocycles. The van der Waals surface area contributed by atoms with Crippen molar-refractivity contribution in [2.75, 3.05) is 13.7 Å². The van der Waals surface area contributed by atoms with Crippen molar-refractivity contribution >= 4 is 11.9 Å². The molecule has 0 aliphatic heterocycles. The smallest absolute Gasteiger partial charge is 0.333 e. The Morgan fingerprint density at radius 3 is 2.00 bits per heavy atom. The Kier molecular flexibility index (Phi) is 10.1. The van der Waals surface area contributed by atoms with Crippen molar-refractivity contribution < 1.29 is 19.1 Å². The number of methoxy groups -OCH3 is 1. The van der Waals surface area contributed by atoms with Crippen LogP contribution in [0.3, 0.4) is 0 Å². The normalized spacial score (nSPS) is 7.64. The van der Waals surface area contributed by atoms with E-state index in [1.165, 1.54) is 7.11 Å². The highest BCUT2D eigenvalue weighted by Gasteiger charge is 1.98. The van der Waals surface area contributed by atoms with Crippen LogP contribution in [0.25, 0.3) is 0 Å². The third-order valence-electron chi connectivity index (χ3n) is 0.992. The Hall–Kier alpha value is -1.58. The zero-order valence-electron chi connectivity index (χ0n) is 8.83. The number of hydrogen-bond acceptors (Lipinski definition) is 4. The van der Waals surface area contributed by atoms with Crippen molar-refractivity contribution in [3.05, 3.63) is 24.8 Å². The Balaban J connectivity index is 0. The molecular weight excluding hydrogens is 184 g/mol. The van der Waals surface area contributed by atoms with Gasteiger partial charge in [0.05, 0.1) is 13.7 Å². The lowest BCUT2D eigenvalue weighted by Gasteiger charge is -1.96. The van der Waals surface area contributed by atoms with Gasteiger partial charge in [-0.3, -0.25) is 0 Å². The van der Waals surface area contributed by atoms with E-state index in [2.05, 4.69) is 22.6 Å². The first-order chi connectivity index (χ1) is 6.49. The minimum absolute atomic E-state index is 0.312. The van der Waals surface area contributed by atoms with Crippen LogP contribution in [-0.4, -0.2) is 25.7 Å². The number of hydrogen-bond donors (Lipinski definition) is 0. The summed E-state index contributed by atoms with van der Waals surface area (Å²) in [6, 6.07) is 0. The van der Waals surface area contributed by atoms with Gasteiger partial charge in [-0.15, -0.1) is 0 Å². The second kappa shape index (κ2) is 9.51. The van der Waals surface area contributed by atoms with Gasteiger partial charge in [0.15, 0.2) is 0 Å². The predicted octanol–water partition coefficient (Wildman–Crippen LogP) is 1.47. The first kappa shape index (κ1) is 14.9. The van der Waals surface area contributed by atoms with E-state index in [0.29, 0.717) is 12.2 Å². The molecule has 4 nitrogen and oxygen atoms in total. The van der Waals surface area contributed by atoms with Crippen LogP contribution in [0.5, 0.6) is 0 Å². The number of esters is 2. The Labute approximate surface area is 84.2 Å². The maximum atomic E-state index is 10.4. The van der Waals surface area contributed by atoms with Crippen LogP contribution < -0.4 is 0 Å². The Morgan fingerprint density at radius 1 is 1.43 bits per heavy atom. The van der Waals surface area contributed by atoms with E-state index in [0.717, 1.165) is 6.08 Å². The monoisotopic (exact) mass is 200 g/mol. The van der Waals surface area contributed by atoms with Crippen LogP contribution in [0.2, 0.25) is 0 Å². The lowest BCUT2D eigenvalue weighted by Crippen LogP contribution is -2.03. The standard InChI is InChI=1S/C6H10O2.C4H6O2/c1-4-8-6(7)5(2)3;1-3-4(5)6-2/h2,4H2,1,3H3;3H,1H2,2H3. The summed E-state index contributed by atoms with van der Waals surface area (Å²) >= 11 is 0. The molecular formula is C10H16O4. The minimum atomic E-state index is -0.394. The van der Waals surface area contributed by atoms with Crippen LogP contribution in [0.1, 0.15) is 13.8 Å². The van der Waals surface area contributed by atoms with E-state index in [1.54, 1.807) is 13.8 Å². The fourth-order valence-corrected chi connectivity index (χ4v) is 0.338. The number of ether oxygens (including phenoxy) is 2. The SMILES string of the molecule is C=C(C)C(=O)OCC.C=CC(=O)OC. The second-order valence-electron chi connectivity index (χ2n) is 2.23. The topological polar surface area (TPSA) is 52.6 Å². The summed E-state index contributed by atoms with van der Waals surface area (Å²) in [6.07, 6.45) is 1.11. The molecule has 0 heterocycles. The molecule has 0 radical (unpaired) electrons. The molecule has 14 heavy (non-hydrogen) atoms. The molecule has 0 rings (SSSR count). The molecule has 80 valence electrons. The summed E-state index contributed by atoms with van der Waals surface area (Å²) in [6.45, 7) is 10.4. The molecule has 0 bridgehead atoms. The fourth-order valence-electron chi connectivity index (χ4n) is 0.338. The van der Waals surface area contributed by atoms with Crippen LogP contribution in [0.4, 0.5) is 0 Å². The quantitative estimate of drug-likeness (QED) is 0.511. The molecule has 0 aliphatic rings. The maximum absolute atomic E-state index is 10.4. The third kappa shape index (κ3) is 10.4. The number of carbonyl (C=O) groups is 2. The first-order valence-corrected chi connectivity index (χ1v) is 4.02. The minimum Gasteiger partial charge on any atom is -0.466 e. The van der Waals surface area contributed by atoms with Crippen molar-refractivity contribution in [2.45, 2.75) is 13.8 Å². The number of carbonyl (C=O) groups excluding carboxylic acids is 2. The average Bonchev–Trinajstić information content (AvgIpc) is 2.18. The molecule has 0 saturated heterocycles. The van der Waals surface area contributed by atoms with Gasteiger partial charge < -0.3 is 9.47 Å². The zero-order chi connectivity index (χ0) is 11.6. The largest absolute Gasteiger partial charge is 0.466 e. The summed E-state index contributed by atoms with van der Waals surface area (Å²) in [4.78, 5) is 20.3. The molecule has 0 unspecified atom stereocenters. The highest BCUT2D eigenvalue weighted by molar-refractivity contribution is 5.86. The zero-order valence-corrected chi connectivity index (χ0v) is 8.83. The average molecular weight is 200 g/mol. The molecule has 0 amide bonds. The van der Waals surface area contributed by atoms with Crippen LogP contribution in [0.15, 0.2) is 24.8 Å². The summed E-state index contributed by atoms with van der Waals surface area (Å²) in [5.41, 5.74) is 0.451. The second-order valence-corrected chi connectivity index (χ2v) is 2.23.